The Morgan fingerprint density at radius 2 is 2.00 bits per heavy atom. The molecule has 0 heterocycles. The van der Waals surface area contributed by atoms with E-state index in [1.54, 1.807) is 6.54 Å². The molecule has 3 nitrogen and oxygen atoms in total. The SMILES string of the molecule is N[C]C(N)=O. The molecule has 2 radical (unpaired) electrons. The molecular weight excluding hydrogens is 68.0 g/mol. The molecule has 0 atom stereocenters. The Morgan fingerprint density at radius 1 is 1.80 bits per heavy atom. The standard InChI is InChI=1S/C2H4N2O/c3-1-2(4)5/h3H2,(H2,4,5). The Balaban J connectivity index is 2.85. The fourth-order valence-corrected chi connectivity index (χ4v) is 0. The van der Waals surface area contributed by atoms with Gasteiger partial charge < -0.3 is 11.5 Å². The first kappa shape index (κ1) is 4.43. The van der Waals surface area contributed by atoms with Crippen LogP contribution in [0, 0.1) is 6.54 Å². The highest BCUT2D eigenvalue weighted by atomic mass is 16.1. The van der Waals surface area contributed by atoms with E-state index >= 15 is 0 Å². The van der Waals surface area contributed by atoms with Crippen molar-refractivity contribution in [2.75, 3.05) is 0 Å². The zero-order valence-corrected chi connectivity index (χ0v) is 2.56. The van der Waals surface area contributed by atoms with Gasteiger partial charge in [0.1, 0.15) is 0 Å². The fraction of sp³-hybridized carbons (Fsp3) is 0. The summed E-state index contributed by atoms with van der Waals surface area (Å²) in [6.45, 7) is 1.67. The first-order valence-corrected chi connectivity index (χ1v) is 1.03. The molecule has 0 aromatic rings. The summed E-state index contributed by atoms with van der Waals surface area (Å²) in [5.74, 6) is -0.718. The molecule has 1 amide bonds. The lowest BCUT2D eigenvalue weighted by Crippen LogP contribution is -2.15. The summed E-state index contributed by atoms with van der Waals surface area (Å²) in [7, 11) is 0. The second-order valence-electron chi connectivity index (χ2n) is 0.509. The fourth-order valence-electron chi connectivity index (χ4n) is 0. The van der Waals surface area contributed by atoms with Gasteiger partial charge in [-0.15, -0.1) is 0 Å². The van der Waals surface area contributed by atoms with Crippen LogP contribution in [0.1, 0.15) is 0 Å². The van der Waals surface area contributed by atoms with Gasteiger partial charge >= 0.3 is 0 Å². The molecule has 0 aliphatic heterocycles. The van der Waals surface area contributed by atoms with Gasteiger partial charge in [0.25, 0.3) is 0 Å². The van der Waals surface area contributed by atoms with Crippen LogP contribution in [-0.2, 0) is 4.79 Å². The number of hydrogen-bond acceptors (Lipinski definition) is 2. The summed E-state index contributed by atoms with van der Waals surface area (Å²) in [5, 5.41) is 0. The maximum Gasteiger partial charge on any atom is 0.242 e. The molecule has 0 rings (SSSR count). The third-order valence-corrected chi connectivity index (χ3v) is 0.142. The van der Waals surface area contributed by atoms with Crippen molar-refractivity contribution in [3.05, 3.63) is 6.54 Å². The van der Waals surface area contributed by atoms with Crippen molar-refractivity contribution in [3.8, 4) is 0 Å². The minimum Gasteiger partial charge on any atom is -0.368 e. The van der Waals surface area contributed by atoms with Gasteiger partial charge in [0.2, 0.25) is 5.91 Å². The third kappa shape index (κ3) is 3.43. The van der Waals surface area contributed by atoms with Gasteiger partial charge in [-0.1, -0.05) is 0 Å². The summed E-state index contributed by atoms with van der Waals surface area (Å²) < 4.78 is 0. The molecule has 0 saturated heterocycles. The predicted molar refractivity (Wildman–Crippen MR) is 16.6 cm³/mol. The number of nitrogens with two attached hydrogens (primary N) is 2. The van der Waals surface area contributed by atoms with Crippen molar-refractivity contribution in [1.29, 1.82) is 0 Å². The molecule has 0 bridgehead atoms. The van der Waals surface area contributed by atoms with Crippen molar-refractivity contribution in [2.24, 2.45) is 11.5 Å². The minimum atomic E-state index is -0.718. The van der Waals surface area contributed by atoms with E-state index in [2.05, 4.69) is 11.5 Å². The van der Waals surface area contributed by atoms with Crippen LogP contribution in [0.2, 0.25) is 0 Å². The molecule has 0 aromatic heterocycles. The molecule has 0 aliphatic rings. The number of carbonyl (C=O) groups excluding carboxylic acids is 1. The average molecular weight is 72.1 g/mol. The average Bonchev–Trinajstić information content (AvgIpc) is 1.38. The van der Waals surface area contributed by atoms with Crippen molar-refractivity contribution in [3.63, 3.8) is 0 Å². The lowest BCUT2D eigenvalue weighted by atomic mass is 10.7. The van der Waals surface area contributed by atoms with Gasteiger partial charge in [-0.2, -0.15) is 0 Å². The quantitative estimate of drug-likeness (QED) is 0.369. The smallest absolute Gasteiger partial charge is 0.242 e. The van der Waals surface area contributed by atoms with Gasteiger partial charge in [-0.3, -0.25) is 4.79 Å². The van der Waals surface area contributed by atoms with Crippen LogP contribution in [0.25, 0.3) is 0 Å². The van der Waals surface area contributed by atoms with Gasteiger partial charge in [-0.05, 0) is 0 Å². The maximum absolute atomic E-state index is 9.35. The zero-order chi connectivity index (χ0) is 4.28. The van der Waals surface area contributed by atoms with E-state index < -0.39 is 5.91 Å². The van der Waals surface area contributed by atoms with Gasteiger partial charge in [0.15, 0.2) is 6.54 Å². The first-order valence-electron chi connectivity index (χ1n) is 1.03. The van der Waals surface area contributed by atoms with Gasteiger partial charge in [0.05, 0.1) is 0 Å². The number of rotatable bonds is 1. The molecule has 0 spiro atoms. The van der Waals surface area contributed by atoms with Crippen LogP contribution in [0.15, 0.2) is 0 Å². The third-order valence-electron chi connectivity index (χ3n) is 0.142. The summed E-state index contributed by atoms with van der Waals surface area (Å²) in [6.07, 6.45) is 0. The van der Waals surface area contributed by atoms with Crippen LogP contribution in [0.3, 0.4) is 0 Å². The summed E-state index contributed by atoms with van der Waals surface area (Å²) >= 11 is 0. The first-order chi connectivity index (χ1) is 2.27. The monoisotopic (exact) mass is 72.0 g/mol. The topological polar surface area (TPSA) is 69.1 Å². The molecule has 0 fully saturated rings. The Morgan fingerprint density at radius 3 is 2.00 bits per heavy atom. The lowest BCUT2D eigenvalue weighted by Gasteiger charge is -1.71. The van der Waals surface area contributed by atoms with E-state index in [1.165, 1.54) is 0 Å². The van der Waals surface area contributed by atoms with Gasteiger partial charge in [0, 0.05) is 0 Å². The second kappa shape index (κ2) is 1.72. The molecule has 0 aromatic carbocycles. The predicted octanol–water partition coefficient (Wildman–Crippen LogP) is -1.53. The van der Waals surface area contributed by atoms with Crippen molar-refractivity contribution in [2.45, 2.75) is 0 Å². The molecule has 0 saturated carbocycles. The van der Waals surface area contributed by atoms with E-state index in [0.717, 1.165) is 0 Å². The molecule has 0 unspecified atom stereocenters. The number of carbonyl (C=O) groups is 1. The molecule has 5 heavy (non-hydrogen) atoms. The Labute approximate surface area is 29.9 Å². The van der Waals surface area contributed by atoms with Crippen molar-refractivity contribution < 1.29 is 4.79 Å². The normalized spacial score (nSPS) is 7.40. The molecule has 0 aliphatic carbocycles. The van der Waals surface area contributed by atoms with Crippen molar-refractivity contribution in [1.82, 2.24) is 0 Å². The number of hydrogen-bond donors (Lipinski definition) is 2. The van der Waals surface area contributed by atoms with E-state index in [-0.39, 0.29) is 0 Å². The minimum absolute atomic E-state index is 0.718. The highest BCUT2D eigenvalue weighted by Crippen LogP contribution is 1.46. The summed E-state index contributed by atoms with van der Waals surface area (Å²) in [4.78, 5) is 9.35. The second-order valence-corrected chi connectivity index (χ2v) is 0.509. The van der Waals surface area contributed by atoms with E-state index in [9.17, 15) is 4.79 Å². The Bertz CT molecular complexity index is 42.9. The summed E-state index contributed by atoms with van der Waals surface area (Å²) in [5.41, 5.74) is 8.86. The van der Waals surface area contributed by atoms with Gasteiger partial charge in [-0.25, -0.2) is 0 Å². The highest BCUT2D eigenvalue weighted by Gasteiger charge is 1.80. The Hall–Kier alpha value is -0.570. The van der Waals surface area contributed by atoms with Crippen LogP contribution >= 0.6 is 0 Å². The molecule has 4 N–H and O–H groups in total. The largest absolute Gasteiger partial charge is 0.368 e. The Kier molecular flexibility index (Phi) is 1.53. The van der Waals surface area contributed by atoms with E-state index in [1.807, 2.05) is 0 Å². The maximum atomic E-state index is 9.35. The molecule has 3 heteroatoms. The zero-order valence-electron chi connectivity index (χ0n) is 2.56. The van der Waals surface area contributed by atoms with Crippen LogP contribution in [0.4, 0.5) is 0 Å². The molecule has 28 valence electrons. The van der Waals surface area contributed by atoms with Crippen molar-refractivity contribution >= 4 is 5.91 Å². The number of amides is 1. The van der Waals surface area contributed by atoms with Crippen LogP contribution in [0.5, 0.6) is 0 Å². The lowest BCUT2D eigenvalue weighted by molar-refractivity contribution is -0.114. The highest BCUT2D eigenvalue weighted by molar-refractivity contribution is 5.81. The van der Waals surface area contributed by atoms with E-state index in [4.69, 9.17) is 0 Å². The van der Waals surface area contributed by atoms with Crippen LogP contribution < -0.4 is 11.5 Å². The van der Waals surface area contributed by atoms with E-state index in [0.29, 0.717) is 0 Å². The summed E-state index contributed by atoms with van der Waals surface area (Å²) in [6, 6.07) is 0. The molecular formula is C2H4N2O. The number of primary amides is 1. The van der Waals surface area contributed by atoms with Crippen LogP contribution in [-0.4, -0.2) is 5.91 Å².